The van der Waals surface area contributed by atoms with Crippen molar-refractivity contribution in [1.82, 2.24) is 4.90 Å². The van der Waals surface area contributed by atoms with E-state index in [1.165, 1.54) is 11.6 Å². The third-order valence-electron chi connectivity index (χ3n) is 5.69. The topological polar surface area (TPSA) is 61.2 Å². The molecule has 0 amide bonds. The summed E-state index contributed by atoms with van der Waals surface area (Å²) in [6, 6.07) is 24.5. The quantitative estimate of drug-likeness (QED) is 0.519. The van der Waals surface area contributed by atoms with E-state index >= 15 is 0 Å². The van der Waals surface area contributed by atoms with Crippen LogP contribution in [-0.4, -0.2) is 32.2 Å². The molecule has 158 valence electrons. The van der Waals surface area contributed by atoms with Gasteiger partial charge in [-0.2, -0.15) is 5.26 Å². The van der Waals surface area contributed by atoms with Crippen LogP contribution in [0.15, 0.2) is 77.7 Å². The number of hydrogen-bond acceptors (Lipinski definition) is 4. The number of sulfone groups is 1. The molecule has 1 aliphatic rings. The molecule has 1 atom stereocenters. The van der Waals surface area contributed by atoms with E-state index < -0.39 is 9.84 Å². The van der Waals surface area contributed by atoms with Gasteiger partial charge in [-0.1, -0.05) is 60.1 Å². The molecule has 3 aromatic carbocycles. The SMILES string of the molecule is N#Cc1cccc(S(=O)(=O)C[C@@H]2CCN(Cc3ccc(-c4ccccc4Cl)cc3)C2)c1. The number of likely N-dealkylation sites (tertiary alicyclic amines) is 1. The van der Waals surface area contributed by atoms with Crippen molar-refractivity contribution in [3.63, 3.8) is 0 Å². The maximum absolute atomic E-state index is 12.8. The standard InChI is InChI=1S/C25H23ClN2O2S/c26-25-7-2-1-6-24(25)22-10-8-19(9-11-22)16-28-13-12-21(17-28)18-31(29,30)23-5-3-4-20(14-23)15-27/h1-11,14,21H,12-13,16-18H2/t21-/m1/s1. The van der Waals surface area contributed by atoms with Gasteiger partial charge in [0.1, 0.15) is 0 Å². The number of nitriles is 1. The fourth-order valence-electron chi connectivity index (χ4n) is 4.10. The summed E-state index contributed by atoms with van der Waals surface area (Å²) in [5.41, 5.74) is 3.66. The van der Waals surface area contributed by atoms with E-state index in [0.717, 1.165) is 42.2 Å². The fourth-order valence-corrected chi connectivity index (χ4v) is 6.02. The van der Waals surface area contributed by atoms with Gasteiger partial charge in [-0.15, -0.1) is 0 Å². The smallest absolute Gasteiger partial charge is 0.178 e. The molecule has 0 saturated carbocycles. The minimum atomic E-state index is -3.40. The van der Waals surface area contributed by atoms with E-state index in [-0.39, 0.29) is 16.6 Å². The van der Waals surface area contributed by atoms with Gasteiger partial charge in [-0.25, -0.2) is 8.42 Å². The van der Waals surface area contributed by atoms with Gasteiger partial charge in [0.15, 0.2) is 9.84 Å². The van der Waals surface area contributed by atoms with Gasteiger partial charge in [-0.05, 0) is 54.3 Å². The second-order valence-electron chi connectivity index (χ2n) is 7.99. The highest BCUT2D eigenvalue weighted by molar-refractivity contribution is 7.91. The summed E-state index contributed by atoms with van der Waals surface area (Å²) in [4.78, 5) is 2.54. The van der Waals surface area contributed by atoms with Crippen LogP contribution in [0.1, 0.15) is 17.5 Å². The van der Waals surface area contributed by atoms with Crippen molar-refractivity contribution in [1.29, 1.82) is 5.26 Å². The van der Waals surface area contributed by atoms with Crippen LogP contribution in [0.5, 0.6) is 0 Å². The predicted molar refractivity (Wildman–Crippen MR) is 123 cm³/mol. The lowest BCUT2D eigenvalue weighted by Crippen LogP contribution is -2.23. The molecular formula is C25H23ClN2O2S. The van der Waals surface area contributed by atoms with Gasteiger partial charge in [0.2, 0.25) is 0 Å². The molecule has 0 aromatic heterocycles. The lowest BCUT2D eigenvalue weighted by atomic mass is 10.0. The highest BCUT2D eigenvalue weighted by atomic mass is 35.5. The normalized spacial score (nSPS) is 16.8. The predicted octanol–water partition coefficient (Wildman–Crippen LogP) is 5.17. The van der Waals surface area contributed by atoms with E-state index in [1.54, 1.807) is 18.2 Å². The highest BCUT2D eigenvalue weighted by Crippen LogP contribution is 2.28. The average Bonchev–Trinajstić information content (AvgIpc) is 3.21. The van der Waals surface area contributed by atoms with E-state index in [9.17, 15) is 8.42 Å². The van der Waals surface area contributed by atoms with Crippen molar-refractivity contribution in [2.24, 2.45) is 5.92 Å². The molecule has 0 N–H and O–H groups in total. The van der Waals surface area contributed by atoms with Gasteiger partial charge in [0.05, 0.1) is 22.3 Å². The molecule has 1 aliphatic heterocycles. The third-order valence-corrected chi connectivity index (χ3v) is 7.90. The lowest BCUT2D eigenvalue weighted by Gasteiger charge is -2.17. The van der Waals surface area contributed by atoms with Crippen molar-refractivity contribution in [2.75, 3.05) is 18.8 Å². The molecule has 6 heteroatoms. The molecule has 0 radical (unpaired) electrons. The van der Waals surface area contributed by atoms with E-state index in [2.05, 4.69) is 29.2 Å². The summed E-state index contributed by atoms with van der Waals surface area (Å²) in [6.07, 6.45) is 0.856. The lowest BCUT2D eigenvalue weighted by molar-refractivity contribution is 0.320. The minimum Gasteiger partial charge on any atom is -0.299 e. The second-order valence-corrected chi connectivity index (χ2v) is 10.4. The largest absolute Gasteiger partial charge is 0.299 e. The van der Waals surface area contributed by atoms with Crippen molar-refractivity contribution in [2.45, 2.75) is 17.9 Å². The highest BCUT2D eigenvalue weighted by Gasteiger charge is 2.28. The Balaban J connectivity index is 1.37. The fraction of sp³-hybridized carbons (Fsp3) is 0.240. The zero-order valence-electron chi connectivity index (χ0n) is 17.0. The number of nitrogens with zero attached hydrogens (tertiary/aromatic N) is 2. The Labute approximate surface area is 188 Å². The van der Waals surface area contributed by atoms with Gasteiger partial charge >= 0.3 is 0 Å². The van der Waals surface area contributed by atoms with Gasteiger partial charge in [0, 0.05) is 23.7 Å². The molecule has 31 heavy (non-hydrogen) atoms. The maximum Gasteiger partial charge on any atom is 0.178 e. The minimum absolute atomic E-state index is 0.0955. The van der Waals surface area contributed by atoms with Crippen molar-refractivity contribution >= 4 is 21.4 Å². The Morgan fingerprint density at radius 3 is 2.55 bits per heavy atom. The summed E-state index contributed by atoms with van der Waals surface area (Å²) in [7, 11) is -3.40. The van der Waals surface area contributed by atoms with Gasteiger partial charge in [-0.3, -0.25) is 4.90 Å². The van der Waals surface area contributed by atoms with Crippen LogP contribution in [0.2, 0.25) is 5.02 Å². The summed E-state index contributed by atoms with van der Waals surface area (Å²) in [5, 5.41) is 9.76. The van der Waals surface area contributed by atoms with Gasteiger partial charge < -0.3 is 0 Å². The molecular weight excluding hydrogens is 428 g/mol. The zero-order chi connectivity index (χ0) is 21.8. The Morgan fingerprint density at radius 2 is 1.81 bits per heavy atom. The molecule has 1 heterocycles. The van der Waals surface area contributed by atoms with Crippen LogP contribution in [0.3, 0.4) is 0 Å². The van der Waals surface area contributed by atoms with Crippen LogP contribution in [0, 0.1) is 17.2 Å². The number of benzene rings is 3. The Morgan fingerprint density at radius 1 is 1.03 bits per heavy atom. The molecule has 0 bridgehead atoms. The van der Waals surface area contributed by atoms with Crippen LogP contribution in [0.25, 0.3) is 11.1 Å². The Kier molecular flexibility index (Phi) is 6.43. The van der Waals surface area contributed by atoms with Crippen molar-refractivity contribution in [3.05, 3.63) is 88.9 Å². The van der Waals surface area contributed by atoms with Crippen LogP contribution < -0.4 is 0 Å². The first kappa shape index (κ1) is 21.6. The van der Waals surface area contributed by atoms with Crippen molar-refractivity contribution < 1.29 is 8.42 Å². The average molecular weight is 451 g/mol. The molecule has 0 spiro atoms. The van der Waals surface area contributed by atoms with Gasteiger partial charge in [0.25, 0.3) is 0 Å². The molecule has 4 nitrogen and oxygen atoms in total. The van der Waals surface area contributed by atoms with E-state index in [0.29, 0.717) is 5.56 Å². The summed E-state index contributed by atoms with van der Waals surface area (Å²) in [5.74, 6) is 0.210. The molecule has 0 unspecified atom stereocenters. The van der Waals surface area contributed by atoms with Crippen LogP contribution in [0.4, 0.5) is 0 Å². The third kappa shape index (κ3) is 5.16. The number of rotatable bonds is 6. The molecule has 1 fully saturated rings. The van der Waals surface area contributed by atoms with Crippen molar-refractivity contribution in [3.8, 4) is 17.2 Å². The summed E-state index contributed by atoms with van der Waals surface area (Å²) >= 11 is 6.29. The second kappa shape index (κ2) is 9.23. The summed E-state index contributed by atoms with van der Waals surface area (Å²) in [6.45, 7) is 2.43. The summed E-state index contributed by atoms with van der Waals surface area (Å²) < 4.78 is 25.6. The Hall–Kier alpha value is -2.65. The zero-order valence-corrected chi connectivity index (χ0v) is 18.6. The van der Waals surface area contributed by atoms with E-state index in [4.69, 9.17) is 16.9 Å². The first-order valence-electron chi connectivity index (χ1n) is 10.2. The maximum atomic E-state index is 12.8. The first-order valence-corrected chi connectivity index (χ1v) is 12.3. The monoisotopic (exact) mass is 450 g/mol. The molecule has 4 rings (SSSR count). The molecule has 3 aromatic rings. The Bertz CT molecular complexity index is 1220. The number of halogens is 1. The molecule has 1 saturated heterocycles. The number of hydrogen-bond donors (Lipinski definition) is 0. The van der Waals surface area contributed by atoms with Crippen LogP contribution >= 0.6 is 11.6 Å². The van der Waals surface area contributed by atoms with E-state index in [1.807, 2.05) is 30.3 Å². The molecule has 0 aliphatic carbocycles. The first-order chi connectivity index (χ1) is 14.9. The van der Waals surface area contributed by atoms with Crippen LogP contribution in [-0.2, 0) is 16.4 Å².